The number of fused-ring (bicyclic) bond motifs is 1. The predicted octanol–water partition coefficient (Wildman–Crippen LogP) is 4.84. The van der Waals surface area contributed by atoms with Gasteiger partial charge in [0.25, 0.3) is 5.91 Å². The number of nitrogens with one attached hydrogen (secondary N) is 2. The maximum Gasteiger partial charge on any atom is 0.255 e. The zero-order valence-electron chi connectivity index (χ0n) is 14.1. The van der Waals surface area contributed by atoms with E-state index in [1.54, 1.807) is 0 Å². The normalized spacial score (nSPS) is 12.4. The van der Waals surface area contributed by atoms with Crippen LogP contribution >= 0.6 is 0 Å². The molecule has 3 aromatic carbocycles. The van der Waals surface area contributed by atoms with Gasteiger partial charge >= 0.3 is 0 Å². The number of anilines is 3. The van der Waals surface area contributed by atoms with E-state index >= 15 is 0 Å². The monoisotopic (exact) mass is 342 g/mol. The van der Waals surface area contributed by atoms with Crippen molar-refractivity contribution in [2.45, 2.75) is 0 Å². The molecule has 0 saturated carbocycles. The molecule has 1 heterocycles. The summed E-state index contributed by atoms with van der Waals surface area (Å²) in [6, 6.07) is 25.3. The second kappa shape index (κ2) is 7.15. The Labute approximate surface area is 152 Å². The van der Waals surface area contributed by atoms with Crippen LogP contribution in [0.25, 0.3) is 6.08 Å². The highest BCUT2D eigenvalue weighted by molar-refractivity contribution is 6.07. The Bertz CT molecular complexity index is 947. The van der Waals surface area contributed by atoms with Gasteiger partial charge in [-0.1, -0.05) is 36.4 Å². The van der Waals surface area contributed by atoms with Crippen LogP contribution in [0.1, 0.15) is 5.56 Å². The summed E-state index contributed by atoms with van der Waals surface area (Å²) < 4.78 is 5.64. The number of carbonyl (C=O) groups is 1. The van der Waals surface area contributed by atoms with Gasteiger partial charge in [-0.25, -0.2) is 0 Å². The van der Waals surface area contributed by atoms with Crippen molar-refractivity contribution in [2.24, 2.45) is 0 Å². The maximum absolute atomic E-state index is 12.5. The van der Waals surface area contributed by atoms with Gasteiger partial charge in [0.2, 0.25) is 0 Å². The first kappa shape index (κ1) is 16.0. The van der Waals surface area contributed by atoms with E-state index in [1.807, 2.05) is 84.9 Å². The van der Waals surface area contributed by atoms with E-state index in [2.05, 4.69) is 10.6 Å². The van der Waals surface area contributed by atoms with Crippen molar-refractivity contribution in [1.29, 1.82) is 0 Å². The van der Waals surface area contributed by atoms with Crippen LogP contribution in [-0.2, 0) is 4.79 Å². The van der Waals surface area contributed by atoms with Crippen molar-refractivity contribution in [3.05, 3.63) is 90.0 Å². The Morgan fingerprint density at radius 2 is 1.42 bits per heavy atom. The number of benzene rings is 3. The molecule has 1 amide bonds. The Morgan fingerprint density at radius 1 is 0.769 bits per heavy atom. The third-order valence-corrected chi connectivity index (χ3v) is 4.13. The Hall–Kier alpha value is -3.53. The van der Waals surface area contributed by atoms with E-state index in [0.717, 1.165) is 28.4 Å². The summed E-state index contributed by atoms with van der Waals surface area (Å²) >= 11 is 0. The summed E-state index contributed by atoms with van der Waals surface area (Å²) in [5.74, 6) is 0.656. The van der Waals surface area contributed by atoms with Crippen LogP contribution in [0.4, 0.5) is 17.1 Å². The predicted molar refractivity (Wildman–Crippen MR) is 105 cm³/mol. The molecule has 4 rings (SSSR count). The van der Waals surface area contributed by atoms with Gasteiger partial charge in [-0.05, 0) is 48.5 Å². The minimum absolute atomic E-state index is 0.150. The maximum atomic E-state index is 12.5. The molecule has 4 nitrogen and oxygen atoms in total. The molecule has 0 aliphatic carbocycles. The lowest BCUT2D eigenvalue weighted by Crippen LogP contribution is -2.21. The van der Waals surface area contributed by atoms with Crippen molar-refractivity contribution < 1.29 is 9.53 Å². The third kappa shape index (κ3) is 3.59. The molecule has 0 fully saturated rings. The summed E-state index contributed by atoms with van der Waals surface area (Å²) in [5.41, 5.74) is 4.26. The first-order valence-corrected chi connectivity index (χ1v) is 8.44. The zero-order chi connectivity index (χ0) is 17.8. The summed E-state index contributed by atoms with van der Waals surface area (Å²) in [7, 11) is 0. The van der Waals surface area contributed by atoms with E-state index in [9.17, 15) is 4.79 Å². The minimum atomic E-state index is -0.150. The zero-order valence-corrected chi connectivity index (χ0v) is 14.1. The van der Waals surface area contributed by atoms with Crippen molar-refractivity contribution in [3.63, 3.8) is 0 Å². The third-order valence-electron chi connectivity index (χ3n) is 4.13. The van der Waals surface area contributed by atoms with Crippen LogP contribution in [0.3, 0.4) is 0 Å². The molecule has 128 valence electrons. The number of hydrogen-bond acceptors (Lipinski definition) is 3. The van der Waals surface area contributed by atoms with Gasteiger partial charge in [-0.2, -0.15) is 0 Å². The topological polar surface area (TPSA) is 50.4 Å². The molecule has 1 aliphatic heterocycles. The van der Waals surface area contributed by atoms with Gasteiger partial charge in [0.1, 0.15) is 12.4 Å². The van der Waals surface area contributed by atoms with Crippen molar-refractivity contribution in [1.82, 2.24) is 0 Å². The van der Waals surface area contributed by atoms with E-state index < -0.39 is 0 Å². The molecular formula is C22H18N2O2. The number of ether oxygens (including phenoxy) is 1. The molecule has 26 heavy (non-hydrogen) atoms. The molecule has 4 heteroatoms. The van der Waals surface area contributed by atoms with Crippen LogP contribution in [0.2, 0.25) is 0 Å². The molecule has 0 saturated heterocycles. The van der Waals surface area contributed by atoms with E-state index in [4.69, 9.17) is 4.74 Å². The van der Waals surface area contributed by atoms with Gasteiger partial charge in [0.15, 0.2) is 0 Å². The highest BCUT2D eigenvalue weighted by Crippen LogP contribution is 2.26. The molecule has 3 aromatic rings. The molecule has 0 spiro atoms. The lowest BCUT2D eigenvalue weighted by molar-refractivity contribution is -0.113. The fourth-order valence-corrected chi connectivity index (χ4v) is 2.78. The van der Waals surface area contributed by atoms with Gasteiger partial charge in [-0.3, -0.25) is 4.79 Å². The van der Waals surface area contributed by atoms with Crippen LogP contribution in [0.5, 0.6) is 5.75 Å². The van der Waals surface area contributed by atoms with Gasteiger partial charge in [0.05, 0.1) is 5.57 Å². The van der Waals surface area contributed by atoms with Crippen LogP contribution < -0.4 is 15.4 Å². The highest BCUT2D eigenvalue weighted by Gasteiger charge is 2.16. The van der Waals surface area contributed by atoms with Crippen molar-refractivity contribution >= 4 is 29.0 Å². The molecule has 1 aliphatic rings. The van der Waals surface area contributed by atoms with Gasteiger partial charge < -0.3 is 15.4 Å². The molecule has 0 aromatic heterocycles. The molecule has 0 atom stereocenters. The second-order valence-electron chi connectivity index (χ2n) is 6.02. The quantitative estimate of drug-likeness (QED) is 0.713. The SMILES string of the molecule is O=C(Nc1ccc(Nc2ccccc2)cc1)C1=Cc2ccccc2OC1. The lowest BCUT2D eigenvalue weighted by Gasteiger charge is -2.17. The number of rotatable bonds is 4. The Morgan fingerprint density at radius 3 is 2.23 bits per heavy atom. The largest absolute Gasteiger partial charge is 0.488 e. The van der Waals surface area contributed by atoms with Crippen molar-refractivity contribution in [2.75, 3.05) is 17.2 Å². The van der Waals surface area contributed by atoms with E-state index in [1.165, 1.54) is 0 Å². The highest BCUT2D eigenvalue weighted by atomic mass is 16.5. The lowest BCUT2D eigenvalue weighted by atomic mass is 10.1. The number of hydrogen-bond donors (Lipinski definition) is 2. The summed E-state index contributed by atoms with van der Waals surface area (Å²) in [6.07, 6.45) is 1.87. The van der Waals surface area contributed by atoms with Crippen LogP contribution in [0.15, 0.2) is 84.4 Å². The molecule has 2 N–H and O–H groups in total. The van der Waals surface area contributed by atoms with Crippen molar-refractivity contribution in [3.8, 4) is 5.75 Å². The summed E-state index contributed by atoms with van der Waals surface area (Å²) in [5, 5.41) is 6.23. The minimum Gasteiger partial charge on any atom is -0.488 e. The van der Waals surface area contributed by atoms with Gasteiger partial charge in [0, 0.05) is 22.6 Å². The van der Waals surface area contributed by atoms with E-state index in [-0.39, 0.29) is 12.5 Å². The van der Waals surface area contributed by atoms with Crippen LogP contribution in [0, 0.1) is 0 Å². The van der Waals surface area contributed by atoms with Crippen LogP contribution in [-0.4, -0.2) is 12.5 Å². The molecule has 0 unspecified atom stereocenters. The fraction of sp³-hybridized carbons (Fsp3) is 0.0455. The average Bonchev–Trinajstić information content (AvgIpc) is 2.70. The Balaban J connectivity index is 1.43. The standard InChI is InChI=1S/C22H18N2O2/c25-22(17-14-16-6-4-5-9-21(16)26-15-17)24-20-12-10-19(11-13-20)23-18-7-2-1-3-8-18/h1-14,23H,15H2,(H,24,25). The van der Waals surface area contributed by atoms with Gasteiger partial charge in [-0.15, -0.1) is 0 Å². The van der Waals surface area contributed by atoms with E-state index in [0.29, 0.717) is 5.57 Å². The first-order valence-electron chi connectivity index (χ1n) is 8.44. The second-order valence-corrected chi connectivity index (χ2v) is 6.02. The molecule has 0 bridgehead atoms. The molecular weight excluding hydrogens is 324 g/mol. The smallest absolute Gasteiger partial charge is 0.255 e. The average molecular weight is 342 g/mol. The number of para-hydroxylation sites is 2. The summed E-state index contributed by atoms with van der Waals surface area (Å²) in [4.78, 5) is 12.5. The first-order chi connectivity index (χ1) is 12.8. The number of carbonyl (C=O) groups excluding carboxylic acids is 1. The Kier molecular flexibility index (Phi) is 4.39. The number of amides is 1. The summed E-state index contributed by atoms with van der Waals surface area (Å²) in [6.45, 7) is 0.274. The molecule has 0 radical (unpaired) electrons. The fourth-order valence-electron chi connectivity index (χ4n) is 2.78.